The molecule has 3 rings (SSSR count). The maximum absolute atomic E-state index is 6.15. The Bertz CT molecular complexity index is 510. The number of nitrogens with one attached hydrogen (secondary N) is 2. The highest BCUT2D eigenvalue weighted by atomic mass is 35.5. The predicted molar refractivity (Wildman–Crippen MR) is 68.3 cm³/mol. The van der Waals surface area contributed by atoms with Crippen molar-refractivity contribution in [2.24, 2.45) is 0 Å². The SMILES string of the molecule is Clc1ccccc1Cc1nc2c([nH]1)CNCC2. The van der Waals surface area contributed by atoms with Gasteiger partial charge in [0.25, 0.3) is 0 Å². The van der Waals surface area contributed by atoms with Crippen LogP contribution in [0.4, 0.5) is 0 Å². The zero-order chi connectivity index (χ0) is 11.7. The number of halogens is 1. The minimum atomic E-state index is 0.771. The van der Waals surface area contributed by atoms with Crippen LogP contribution in [0.25, 0.3) is 0 Å². The Balaban J connectivity index is 1.86. The van der Waals surface area contributed by atoms with Gasteiger partial charge in [0.15, 0.2) is 0 Å². The highest BCUT2D eigenvalue weighted by molar-refractivity contribution is 6.31. The molecule has 0 saturated heterocycles. The molecule has 1 aliphatic heterocycles. The van der Waals surface area contributed by atoms with Gasteiger partial charge in [0.05, 0.1) is 11.4 Å². The molecule has 1 aliphatic rings. The first-order chi connectivity index (χ1) is 8.33. The van der Waals surface area contributed by atoms with Crippen LogP contribution in [-0.2, 0) is 19.4 Å². The summed E-state index contributed by atoms with van der Waals surface area (Å²) in [5.41, 5.74) is 3.54. The number of aromatic amines is 1. The van der Waals surface area contributed by atoms with Gasteiger partial charge in [-0.15, -0.1) is 0 Å². The quantitative estimate of drug-likeness (QED) is 0.855. The van der Waals surface area contributed by atoms with Gasteiger partial charge in [-0.05, 0) is 11.6 Å². The molecule has 0 amide bonds. The molecule has 0 atom stereocenters. The Kier molecular flexibility index (Phi) is 2.87. The zero-order valence-electron chi connectivity index (χ0n) is 9.46. The summed E-state index contributed by atoms with van der Waals surface area (Å²) in [6.45, 7) is 1.91. The fraction of sp³-hybridized carbons (Fsp3) is 0.308. The van der Waals surface area contributed by atoms with Crippen LogP contribution in [0.15, 0.2) is 24.3 Å². The summed E-state index contributed by atoms with van der Waals surface area (Å²) in [7, 11) is 0. The zero-order valence-corrected chi connectivity index (χ0v) is 10.2. The molecule has 0 bridgehead atoms. The topological polar surface area (TPSA) is 40.7 Å². The molecule has 0 unspecified atom stereocenters. The van der Waals surface area contributed by atoms with Crippen LogP contribution < -0.4 is 5.32 Å². The molecule has 1 aromatic heterocycles. The third-order valence-corrected chi connectivity index (χ3v) is 3.44. The lowest BCUT2D eigenvalue weighted by Gasteiger charge is -2.09. The molecule has 3 nitrogen and oxygen atoms in total. The summed E-state index contributed by atoms with van der Waals surface area (Å²) in [5, 5.41) is 4.14. The van der Waals surface area contributed by atoms with E-state index < -0.39 is 0 Å². The molecule has 2 aromatic rings. The Labute approximate surface area is 105 Å². The van der Waals surface area contributed by atoms with E-state index >= 15 is 0 Å². The van der Waals surface area contributed by atoms with Gasteiger partial charge in [0.2, 0.25) is 0 Å². The lowest BCUT2D eigenvalue weighted by Crippen LogP contribution is -2.23. The number of imidazole rings is 1. The van der Waals surface area contributed by atoms with Gasteiger partial charge in [-0.3, -0.25) is 0 Å². The molecule has 0 spiro atoms. The third kappa shape index (κ3) is 2.21. The molecule has 1 aromatic carbocycles. The highest BCUT2D eigenvalue weighted by Gasteiger charge is 2.14. The lowest BCUT2D eigenvalue weighted by molar-refractivity contribution is 0.627. The fourth-order valence-corrected chi connectivity index (χ4v) is 2.39. The molecule has 4 heteroatoms. The number of H-pyrrole nitrogens is 1. The van der Waals surface area contributed by atoms with Crippen molar-refractivity contribution in [3.8, 4) is 0 Å². The average molecular weight is 248 g/mol. The lowest BCUT2D eigenvalue weighted by atomic mass is 10.1. The van der Waals surface area contributed by atoms with Crippen LogP contribution in [0.3, 0.4) is 0 Å². The maximum atomic E-state index is 6.15. The normalized spacial score (nSPS) is 14.6. The fourth-order valence-electron chi connectivity index (χ4n) is 2.18. The number of fused-ring (bicyclic) bond motifs is 1. The number of rotatable bonds is 2. The van der Waals surface area contributed by atoms with Crippen LogP contribution in [0.2, 0.25) is 5.02 Å². The van der Waals surface area contributed by atoms with Crippen molar-refractivity contribution >= 4 is 11.6 Å². The van der Waals surface area contributed by atoms with Crippen LogP contribution in [0.5, 0.6) is 0 Å². The molecular formula is C13H14ClN3. The highest BCUT2D eigenvalue weighted by Crippen LogP contribution is 2.19. The van der Waals surface area contributed by atoms with E-state index in [0.717, 1.165) is 42.3 Å². The standard InChI is InChI=1S/C13H14ClN3/c14-10-4-2-1-3-9(10)7-13-16-11-5-6-15-8-12(11)17-13/h1-4,15H,5-8H2,(H,16,17). The number of aromatic nitrogens is 2. The van der Waals surface area contributed by atoms with Crippen LogP contribution >= 0.6 is 11.6 Å². The number of benzene rings is 1. The van der Waals surface area contributed by atoms with Crippen molar-refractivity contribution in [3.05, 3.63) is 52.1 Å². The van der Waals surface area contributed by atoms with Crippen LogP contribution in [0, 0.1) is 0 Å². The first-order valence-corrected chi connectivity index (χ1v) is 6.21. The van der Waals surface area contributed by atoms with Crippen molar-refractivity contribution in [3.63, 3.8) is 0 Å². The second-order valence-electron chi connectivity index (χ2n) is 4.30. The molecule has 0 radical (unpaired) electrons. The van der Waals surface area contributed by atoms with Gasteiger partial charge in [0.1, 0.15) is 5.82 Å². The van der Waals surface area contributed by atoms with E-state index in [1.807, 2.05) is 24.3 Å². The van der Waals surface area contributed by atoms with Gasteiger partial charge in [-0.25, -0.2) is 4.98 Å². The Hall–Kier alpha value is -1.32. The number of hydrogen-bond acceptors (Lipinski definition) is 2. The van der Waals surface area contributed by atoms with E-state index in [1.165, 1.54) is 11.4 Å². The summed E-state index contributed by atoms with van der Waals surface area (Å²) in [4.78, 5) is 8.01. The largest absolute Gasteiger partial charge is 0.344 e. The monoisotopic (exact) mass is 247 g/mol. The summed E-state index contributed by atoms with van der Waals surface area (Å²) >= 11 is 6.15. The predicted octanol–water partition coefficient (Wildman–Crippen LogP) is 2.30. The van der Waals surface area contributed by atoms with E-state index in [0.29, 0.717) is 0 Å². The van der Waals surface area contributed by atoms with E-state index in [1.54, 1.807) is 0 Å². The maximum Gasteiger partial charge on any atom is 0.111 e. The minimum Gasteiger partial charge on any atom is -0.344 e. The molecule has 2 heterocycles. The van der Waals surface area contributed by atoms with Gasteiger partial charge in [-0.1, -0.05) is 29.8 Å². The van der Waals surface area contributed by atoms with Crippen molar-refractivity contribution in [2.45, 2.75) is 19.4 Å². The summed E-state index contributed by atoms with van der Waals surface area (Å²) in [6.07, 6.45) is 1.78. The molecule has 17 heavy (non-hydrogen) atoms. The third-order valence-electron chi connectivity index (χ3n) is 3.07. The molecule has 2 N–H and O–H groups in total. The molecular weight excluding hydrogens is 234 g/mol. The van der Waals surface area contributed by atoms with E-state index in [-0.39, 0.29) is 0 Å². The molecule has 0 saturated carbocycles. The Morgan fingerprint density at radius 2 is 2.18 bits per heavy atom. The molecule has 0 aliphatic carbocycles. The minimum absolute atomic E-state index is 0.771. The van der Waals surface area contributed by atoms with Crippen LogP contribution in [0.1, 0.15) is 22.8 Å². The van der Waals surface area contributed by atoms with E-state index in [2.05, 4.69) is 15.3 Å². The average Bonchev–Trinajstić information content (AvgIpc) is 2.74. The van der Waals surface area contributed by atoms with E-state index in [4.69, 9.17) is 11.6 Å². The number of hydrogen-bond donors (Lipinski definition) is 2. The Morgan fingerprint density at radius 1 is 1.29 bits per heavy atom. The van der Waals surface area contributed by atoms with Crippen molar-refractivity contribution < 1.29 is 0 Å². The van der Waals surface area contributed by atoms with Crippen molar-refractivity contribution in [1.29, 1.82) is 0 Å². The van der Waals surface area contributed by atoms with Crippen LogP contribution in [-0.4, -0.2) is 16.5 Å². The Morgan fingerprint density at radius 3 is 3.00 bits per heavy atom. The second kappa shape index (κ2) is 4.51. The van der Waals surface area contributed by atoms with Gasteiger partial charge in [-0.2, -0.15) is 0 Å². The second-order valence-corrected chi connectivity index (χ2v) is 4.71. The van der Waals surface area contributed by atoms with Gasteiger partial charge < -0.3 is 10.3 Å². The first kappa shape index (κ1) is 10.8. The number of nitrogens with zero attached hydrogens (tertiary/aromatic N) is 1. The van der Waals surface area contributed by atoms with E-state index in [9.17, 15) is 0 Å². The van der Waals surface area contributed by atoms with Gasteiger partial charge >= 0.3 is 0 Å². The van der Waals surface area contributed by atoms with Crippen molar-refractivity contribution in [2.75, 3.05) is 6.54 Å². The molecule has 0 fully saturated rings. The van der Waals surface area contributed by atoms with Crippen molar-refractivity contribution in [1.82, 2.24) is 15.3 Å². The summed E-state index contributed by atoms with van der Waals surface area (Å²) < 4.78 is 0. The smallest absolute Gasteiger partial charge is 0.111 e. The first-order valence-electron chi connectivity index (χ1n) is 5.83. The van der Waals surface area contributed by atoms with Gasteiger partial charge in [0, 0.05) is 31.0 Å². The summed E-state index contributed by atoms with van der Waals surface area (Å²) in [6, 6.07) is 7.91. The molecule has 88 valence electrons. The summed E-state index contributed by atoms with van der Waals surface area (Å²) in [5.74, 6) is 1.01.